The Bertz CT molecular complexity index is 593. The Morgan fingerprint density at radius 2 is 2.11 bits per heavy atom. The molecule has 0 radical (unpaired) electrons. The van der Waals surface area contributed by atoms with Gasteiger partial charge in [-0.2, -0.15) is 5.10 Å². The van der Waals surface area contributed by atoms with Gasteiger partial charge in [-0.1, -0.05) is 11.6 Å². The van der Waals surface area contributed by atoms with Crippen LogP contribution in [0.2, 0.25) is 5.02 Å². The molecule has 1 heterocycles. The summed E-state index contributed by atoms with van der Waals surface area (Å²) in [7, 11) is 0. The zero-order valence-electron chi connectivity index (χ0n) is 11.4. The first-order valence-corrected chi connectivity index (χ1v) is 6.61. The summed E-state index contributed by atoms with van der Waals surface area (Å²) in [5.74, 6) is 0.782. The van der Waals surface area contributed by atoms with Crippen molar-refractivity contribution in [1.29, 1.82) is 0 Å². The van der Waals surface area contributed by atoms with Crippen molar-refractivity contribution in [3.8, 4) is 5.75 Å². The highest BCUT2D eigenvalue weighted by molar-refractivity contribution is 6.31. The van der Waals surface area contributed by atoms with Gasteiger partial charge in [-0.05, 0) is 44.5 Å². The van der Waals surface area contributed by atoms with E-state index in [1.165, 1.54) is 0 Å². The molecule has 0 aliphatic carbocycles. The third-order valence-electron chi connectivity index (χ3n) is 3.07. The number of aromatic nitrogens is 2. The third kappa shape index (κ3) is 2.84. The summed E-state index contributed by atoms with van der Waals surface area (Å²) in [5.41, 5.74) is 9.27. The second kappa shape index (κ2) is 5.53. The van der Waals surface area contributed by atoms with Gasteiger partial charge in [-0.25, -0.2) is 0 Å². The molecule has 2 rings (SSSR count). The number of hydrogen-bond acceptors (Lipinski definition) is 3. The number of halogens is 1. The summed E-state index contributed by atoms with van der Waals surface area (Å²) in [4.78, 5) is 0. The molecule has 0 fully saturated rings. The lowest BCUT2D eigenvalue weighted by Crippen LogP contribution is -2.06. The molecule has 2 aromatic rings. The van der Waals surface area contributed by atoms with Crippen LogP contribution in [0.15, 0.2) is 18.2 Å². The third-order valence-corrected chi connectivity index (χ3v) is 3.56. The molecule has 0 saturated heterocycles. The van der Waals surface area contributed by atoms with E-state index < -0.39 is 0 Å². The fourth-order valence-corrected chi connectivity index (χ4v) is 2.09. The number of nitrogens with zero attached hydrogens (tertiary/aromatic N) is 2. The predicted octanol–water partition coefficient (Wildman–Crippen LogP) is 3.33. The van der Waals surface area contributed by atoms with Gasteiger partial charge in [0.25, 0.3) is 0 Å². The zero-order valence-corrected chi connectivity index (χ0v) is 12.2. The van der Waals surface area contributed by atoms with E-state index in [9.17, 15) is 0 Å². The Balaban J connectivity index is 2.16. The molecule has 0 amide bonds. The highest BCUT2D eigenvalue weighted by Gasteiger charge is 2.13. The molecule has 0 aliphatic rings. The lowest BCUT2D eigenvalue weighted by Gasteiger charge is -2.09. The van der Waals surface area contributed by atoms with Gasteiger partial charge in [-0.3, -0.25) is 4.68 Å². The van der Waals surface area contributed by atoms with Crippen LogP contribution in [-0.2, 0) is 13.2 Å². The lowest BCUT2D eigenvalue weighted by molar-refractivity contribution is 0.292. The van der Waals surface area contributed by atoms with Crippen LogP contribution in [0.1, 0.15) is 23.9 Å². The molecule has 0 saturated carbocycles. The molecule has 0 atom stereocenters. The first kappa shape index (κ1) is 13.7. The highest BCUT2D eigenvalue weighted by Crippen LogP contribution is 2.24. The van der Waals surface area contributed by atoms with Gasteiger partial charge in [0, 0.05) is 12.2 Å². The van der Waals surface area contributed by atoms with Crippen LogP contribution in [-0.4, -0.2) is 9.78 Å². The molecule has 4 nitrogen and oxygen atoms in total. The summed E-state index contributed by atoms with van der Waals surface area (Å²) < 4.78 is 7.63. The van der Waals surface area contributed by atoms with E-state index in [4.69, 9.17) is 22.1 Å². The molecule has 0 unspecified atom stereocenters. The van der Waals surface area contributed by atoms with Crippen molar-refractivity contribution in [3.05, 3.63) is 40.2 Å². The van der Waals surface area contributed by atoms with Crippen LogP contribution in [0.5, 0.6) is 5.75 Å². The molecule has 5 heteroatoms. The van der Waals surface area contributed by atoms with Crippen molar-refractivity contribution in [2.24, 2.45) is 0 Å². The number of aryl methyl sites for hydroxylation is 3. The van der Waals surface area contributed by atoms with Crippen LogP contribution in [0.4, 0.5) is 5.69 Å². The summed E-state index contributed by atoms with van der Waals surface area (Å²) in [5, 5.41) is 5.03. The van der Waals surface area contributed by atoms with Crippen molar-refractivity contribution < 1.29 is 4.74 Å². The maximum absolute atomic E-state index is 6.23. The number of ether oxygens (including phenoxy) is 1. The minimum Gasteiger partial charge on any atom is -0.487 e. The fourth-order valence-electron chi connectivity index (χ4n) is 1.90. The average molecular weight is 280 g/mol. The molecule has 0 spiro atoms. The second-order valence-electron chi connectivity index (χ2n) is 4.47. The van der Waals surface area contributed by atoms with Gasteiger partial charge >= 0.3 is 0 Å². The number of rotatable bonds is 4. The van der Waals surface area contributed by atoms with E-state index in [1.54, 1.807) is 0 Å². The van der Waals surface area contributed by atoms with Crippen LogP contribution in [0.25, 0.3) is 0 Å². The summed E-state index contributed by atoms with van der Waals surface area (Å²) in [6.07, 6.45) is 0. The first-order valence-electron chi connectivity index (χ1n) is 6.23. The molecule has 0 bridgehead atoms. The second-order valence-corrected chi connectivity index (χ2v) is 4.85. The standard InChI is InChI=1S/C14H18ClN3O/c1-4-18-13(14(15)10(3)17-18)8-19-11-5-6-12(16)9(2)7-11/h5-7H,4,8,16H2,1-3H3. The number of anilines is 1. The number of benzene rings is 1. The fraction of sp³-hybridized carbons (Fsp3) is 0.357. The zero-order chi connectivity index (χ0) is 14.0. The Kier molecular flexibility index (Phi) is 4.00. The molecular weight excluding hydrogens is 262 g/mol. The Labute approximate surface area is 118 Å². The van der Waals surface area contributed by atoms with Crippen molar-refractivity contribution >= 4 is 17.3 Å². The van der Waals surface area contributed by atoms with Gasteiger partial charge in [0.2, 0.25) is 0 Å². The molecule has 102 valence electrons. The smallest absolute Gasteiger partial charge is 0.131 e. The van der Waals surface area contributed by atoms with Gasteiger partial charge in [-0.15, -0.1) is 0 Å². The molecule has 0 aliphatic heterocycles. The quantitative estimate of drug-likeness (QED) is 0.874. The van der Waals surface area contributed by atoms with Gasteiger partial charge in [0.05, 0.1) is 16.4 Å². The van der Waals surface area contributed by atoms with E-state index in [2.05, 4.69) is 5.10 Å². The number of hydrogen-bond donors (Lipinski definition) is 1. The van der Waals surface area contributed by atoms with Crippen molar-refractivity contribution in [1.82, 2.24) is 9.78 Å². The summed E-state index contributed by atoms with van der Waals surface area (Å²) >= 11 is 6.23. The minimum atomic E-state index is 0.400. The SMILES string of the molecule is CCn1nc(C)c(Cl)c1COc1ccc(N)c(C)c1. The lowest BCUT2D eigenvalue weighted by atomic mass is 10.2. The van der Waals surface area contributed by atoms with Crippen molar-refractivity contribution in [2.75, 3.05) is 5.73 Å². The molecule has 1 aromatic heterocycles. The van der Waals surface area contributed by atoms with Crippen LogP contribution in [0.3, 0.4) is 0 Å². The van der Waals surface area contributed by atoms with E-state index in [0.29, 0.717) is 11.6 Å². The van der Waals surface area contributed by atoms with Crippen molar-refractivity contribution in [3.63, 3.8) is 0 Å². The van der Waals surface area contributed by atoms with Gasteiger partial charge < -0.3 is 10.5 Å². The molecule has 2 N–H and O–H groups in total. The van der Waals surface area contributed by atoms with Crippen molar-refractivity contribution in [2.45, 2.75) is 33.9 Å². The van der Waals surface area contributed by atoms with Crippen LogP contribution in [0, 0.1) is 13.8 Å². The summed E-state index contributed by atoms with van der Waals surface area (Å²) in [6, 6.07) is 5.62. The average Bonchev–Trinajstić information content (AvgIpc) is 2.67. The minimum absolute atomic E-state index is 0.400. The monoisotopic (exact) mass is 279 g/mol. The van der Waals surface area contributed by atoms with Crippen LogP contribution >= 0.6 is 11.6 Å². The number of nitrogens with two attached hydrogens (primary N) is 1. The van der Waals surface area contributed by atoms with Crippen LogP contribution < -0.4 is 10.5 Å². The van der Waals surface area contributed by atoms with E-state index in [-0.39, 0.29) is 0 Å². The van der Waals surface area contributed by atoms with E-state index in [0.717, 1.165) is 34.9 Å². The molecule has 19 heavy (non-hydrogen) atoms. The Hall–Kier alpha value is -1.68. The van der Waals surface area contributed by atoms with E-state index in [1.807, 2.05) is 43.7 Å². The maximum atomic E-state index is 6.23. The largest absolute Gasteiger partial charge is 0.487 e. The summed E-state index contributed by atoms with van der Waals surface area (Å²) in [6.45, 7) is 7.05. The first-order chi connectivity index (χ1) is 9.02. The number of nitrogen functional groups attached to an aromatic ring is 1. The topological polar surface area (TPSA) is 53.1 Å². The Morgan fingerprint density at radius 1 is 1.37 bits per heavy atom. The molecular formula is C14H18ClN3O. The highest BCUT2D eigenvalue weighted by atomic mass is 35.5. The normalized spacial score (nSPS) is 10.7. The van der Waals surface area contributed by atoms with Gasteiger partial charge in [0.1, 0.15) is 12.4 Å². The maximum Gasteiger partial charge on any atom is 0.131 e. The predicted molar refractivity (Wildman–Crippen MR) is 77.6 cm³/mol. The molecule has 1 aromatic carbocycles. The van der Waals surface area contributed by atoms with E-state index >= 15 is 0 Å². The Morgan fingerprint density at radius 3 is 2.74 bits per heavy atom. The van der Waals surface area contributed by atoms with Gasteiger partial charge in [0.15, 0.2) is 0 Å².